The summed E-state index contributed by atoms with van der Waals surface area (Å²) in [6.45, 7) is 1.22. The van der Waals surface area contributed by atoms with Gasteiger partial charge in [-0.2, -0.15) is 8.42 Å². The van der Waals surface area contributed by atoms with E-state index >= 15 is 0 Å². The van der Waals surface area contributed by atoms with Crippen LogP contribution in [0, 0.1) is 0 Å². The summed E-state index contributed by atoms with van der Waals surface area (Å²) in [6.07, 6.45) is -0.650. The summed E-state index contributed by atoms with van der Waals surface area (Å²) in [6, 6.07) is 0. The fourth-order valence-corrected chi connectivity index (χ4v) is 1.65. The maximum Gasteiger partial charge on any atom is 0.269 e. The first-order valence-corrected chi connectivity index (χ1v) is 5.21. The smallest absolute Gasteiger partial charge is 0.269 e. The lowest BCUT2D eigenvalue weighted by molar-refractivity contribution is 0.205. The average Bonchev–Trinajstić information content (AvgIpc) is 1.84. The monoisotopic (exact) mass is 198 g/mol. The Morgan fingerprint density at radius 3 is 2.50 bits per heavy atom. The van der Waals surface area contributed by atoms with Gasteiger partial charge in [-0.25, -0.2) is 0 Å². The van der Waals surface area contributed by atoms with Crippen LogP contribution in [0.2, 0.25) is 0 Å². The summed E-state index contributed by atoms with van der Waals surface area (Å²) >= 11 is 0. The van der Waals surface area contributed by atoms with Crippen molar-refractivity contribution in [3.8, 4) is 0 Å². The Morgan fingerprint density at radius 1 is 1.50 bits per heavy atom. The molecule has 5 nitrogen and oxygen atoms in total. The molecule has 0 aliphatic carbocycles. The highest BCUT2D eigenvalue weighted by Gasteiger charge is 2.13. The molecule has 0 rings (SSSR count). The third kappa shape index (κ3) is 6.53. The molecule has 0 heterocycles. The molecule has 2 N–H and O–H groups in total. The SMILES string of the molecule is CC(O)CS(=O)(=O)OCCCO. The van der Waals surface area contributed by atoms with Crippen LogP contribution in [0.25, 0.3) is 0 Å². The van der Waals surface area contributed by atoms with Gasteiger partial charge in [-0.15, -0.1) is 0 Å². The summed E-state index contributed by atoms with van der Waals surface area (Å²) in [7, 11) is -3.61. The minimum Gasteiger partial charge on any atom is -0.396 e. The Morgan fingerprint density at radius 2 is 2.08 bits per heavy atom. The molecule has 6 heteroatoms. The highest BCUT2D eigenvalue weighted by Crippen LogP contribution is 1.97. The van der Waals surface area contributed by atoms with Gasteiger partial charge >= 0.3 is 0 Å². The standard InChI is InChI=1S/C6H14O5S/c1-6(8)5-12(9,10)11-4-2-3-7/h6-8H,2-5H2,1H3. The zero-order valence-corrected chi connectivity index (χ0v) is 7.75. The first-order valence-electron chi connectivity index (χ1n) is 3.64. The van der Waals surface area contributed by atoms with Crippen molar-refractivity contribution in [1.29, 1.82) is 0 Å². The molecule has 0 amide bonds. The number of rotatable bonds is 6. The van der Waals surface area contributed by atoms with E-state index in [0.29, 0.717) is 0 Å². The molecule has 0 radical (unpaired) electrons. The van der Waals surface area contributed by atoms with E-state index in [1.165, 1.54) is 6.92 Å². The number of hydrogen-bond donors (Lipinski definition) is 2. The molecule has 0 spiro atoms. The summed E-state index contributed by atoms with van der Waals surface area (Å²) < 4.78 is 26.1. The van der Waals surface area contributed by atoms with Gasteiger partial charge in [0.05, 0.1) is 12.7 Å². The van der Waals surface area contributed by atoms with Gasteiger partial charge in [0.15, 0.2) is 0 Å². The van der Waals surface area contributed by atoms with Crippen molar-refractivity contribution in [3.05, 3.63) is 0 Å². The van der Waals surface area contributed by atoms with Crippen molar-refractivity contribution in [2.24, 2.45) is 0 Å². The van der Waals surface area contributed by atoms with Gasteiger partial charge in [0.2, 0.25) is 0 Å². The van der Waals surface area contributed by atoms with Crippen molar-refractivity contribution in [1.82, 2.24) is 0 Å². The van der Waals surface area contributed by atoms with Crippen LogP contribution in [-0.4, -0.2) is 43.7 Å². The molecule has 12 heavy (non-hydrogen) atoms. The lowest BCUT2D eigenvalue weighted by atomic mass is 10.5. The second-order valence-corrected chi connectivity index (χ2v) is 4.16. The van der Waals surface area contributed by atoms with Crippen LogP contribution < -0.4 is 0 Å². The predicted molar refractivity (Wildman–Crippen MR) is 43.1 cm³/mol. The third-order valence-corrected chi connectivity index (χ3v) is 2.43. The fourth-order valence-electron chi connectivity index (χ4n) is 0.594. The Balaban J connectivity index is 3.73. The van der Waals surface area contributed by atoms with Crippen LogP contribution in [0.4, 0.5) is 0 Å². The first kappa shape index (κ1) is 11.8. The van der Waals surface area contributed by atoms with E-state index in [1.807, 2.05) is 0 Å². The van der Waals surface area contributed by atoms with Gasteiger partial charge in [-0.05, 0) is 13.3 Å². The maximum absolute atomic E-state index is 10.9. The van der Waals surface area contributed by atoms with Gasteiger partial charge in [0.1, 0.15) is 5.75 Å². The zero-order chi connectivity index (χ0) is 9.61. The highest BCUT2D eigenvalue weighted by atomic mass is 32.2. The van der Waals surface area contributed by atoms with Crippen LogP contribution >= 0.6 is 0 Å². The van der Waals surface area contributed by atoms with E-state index in [1.54, 1.807) is 0 Å². The second kappa shape index (κ2) is 5.47. The zero-order valence-electron chi connectivity index (χ0n) is 6.93. The summed E-state index contributed by atoms with van der Waals surface area (Å²) in [4.78, 5) is 0. The summed E-state index contributed by atoms with van der Waals surface area (Å²) in [5, 5.41) is 17.1. The topological polar surface area (TPSA) is 83.8 Å². The van der Waals surface area contributed by atoms with Gasteiger partial charge in [0.25, 0.3) is 10.1 Å². The van der Waals surface area contributed by atoms with Crippen molar-refractivity contribution >= 4 is 10.1 Å². The molecular formula is C6H14O5S. The number of aliphatic hydroxyl groups is 2. The molecule has 0 aromatic rings. The summed E-state index contributed by atoms with van der Waals surface area (Å²) in [5.41, 5.74) is 0. The lowest BCUT2D eigenvalue weighted by Crippen LogP contribution is -2.20. The maximum atomic E-state index is 10.9. The second-order valence-electron chi connectivity index (χ2n) is 2.47. The lowest BCUT2D eigenvalue weighted by Gasteiger charge is -2.05. The molecule has 1 unspecified atom stereocenters. The molecule has 0 aromatic heterocycles. The Labute approximate surface area is 72.1 Å². The van der Waals surface area contributed by atoms with Gasteiger partial charge < -0.3 is 10.2 Å². The molecular weight excluding hydrogens is 184 g/mol. The van der Waals surface area contributed by atoms with Gasteiger partial charge in [-0.1, -0.05) is 0 Å². The van der Waals surface area contributed by atoms with Crippen LogP contribution in [0.5, 0.6) is 0 Å². The number of hydrogen-bond acceptors (Lipinski definition) is 5. The molecule has 0 fully saturated rings. The highest BCUT2D eigenvalue weighted by molar-refractivity contribution is 7.86. The molecule has 74 valence electrons. The molecule has 0 aromatic carbocycles. The molecule has 0 aliphatic rings. The Kier molecular flexibility index (Phi) is 5.39. The minimum absolute atomic E-state index is 0.0362. The van der Waals surface area contributed by atoms with Crippen molar-refractivity contribution in [2.75, 3.05) is 19.0 Å². The molecule has 0 saturated heterocycles. The number of aliphatic hydroxyl groups excluding tert-OH is 2. The van der Waals surface area contributed by atoms with E-state index in [4.69, 9.17) is 10.2 Å². The normalized spacial score (nSPS) is 14.6. The fraction of sp³-hybridized carbons (Fsp3) is 1.00. The van der Waals surface area contributed by atoms with E-state index < -0.39 is 22.0 Å². The van der Waals surface area contributed by atoms with Crippen LogP contribution in [-0.2, 0) is 14.3 Å². The predicted octanol–water partition coefficient (Wildman–Crippen LogP) is -0.904. The third-order valence-electron chi connectivity index (χ3n) is 1.01. The van der Waals surface area contributed by atoms with E-state index in [9.17, 15) is 8.42 Å². The quantitative estimate of drug-likeness (QED) is 0.426. The largest absolute Gasteiger partial charge is 0.396 e. The molecule has 0 saturated carbocycles. The Hall–Kier alpha value is -0.170. The van der Waals surface area contributed by atoms with Crippen LogP contribution in [0.15, 0.2) is 0 Å². The van der Waals surface area contributed by atoms with Crippen molar-refractivity contribution < 1.29 is 22.8 Å². The van der Waals surface area contributed by atoms with Gasteiger partial charge in [0, 0.05) is 6.61 Å². The minimum atomic E-state index is -3.61. The van der Waals surface area contributed by atoms with Gasteiger partial charge in [-0.3, -0.25) is 4.18 Å². The first-order chi connectivity index (χ1) is 5.48. The average molecular weight is 198 g/mol. The molecule has 1 atom stereocenters. The van der Waals surface area contributed by atoms with E-state index in [-0.39, 0.29) is 19.6 Å². The molecule has 0 aliphatic heterocycles. The van der Waals surface area contributed by atoms with E-state index in [0.717, 1.165) is 0 Å². The van der Waals surface area contributed by atoms with Crippen LogP contribution in [0.1, 0.15) is 13.3 Å². The Bertz CT molecular complexity index is 196. The summed E-state index contributed by atoms with van der Waals surface area (Å²) in [5.74, 6) is -0.404. The molecule has 0 bridgehead atoms. The van der Waals surface area contributed by atoms with E-state index in [2.05, 4.69) is 4.18 Å². The van der Waals surface area contributed by atoms with Crippen molar-refractivity contribution in [3.63, 3.8) is 0 Å². The van der Waals surface area contributed by atoms with Crippen LogP contribution in [0.3, 0.4) is 0 Å². The van der Waals surface area contributed by atoms with Crippen molar-refractivity contribution in [2.45, 2.75) is 19.4 Å².